The average molecular weight is 613 g/mol. The summed E-state index contributed by atoms with van der Waals surface area (Å²) in [5, 5.41) is 15.1. The van der Waals surface area contributed by atoms with Gasteiger partial charge < -0.3 is 20.0 Å². The summed E-state index contributed by atoms with van der Waals surface area (Å²) >= 11 is 1.41. The van der Waals surface area contributed by atoms with Gasteiger partial charge in [0, 0.05) is 48.9 Å². The largest absolute Gasteiger partial charge is 0.369 e. The van der Waals surface area contributed by atoms with E-state index in [2.05, 4.69) is 51.3 Å². The molecular formula is C29H36N6O5S2. The second-order valence-electron chi connectivity index (χ2n) is 10.9. The number of thiophene rings is 1. The van der Waals surface area contributed by atoms with Gasteiger partial charge >= 0.3 is 0 Å². The van der Waals surface area contributed by atoms with E-state index >= 15 is 0 Å². The van der Waals surface area contributed by atoms with Crippen LogP contribution in [0, 0.1) is 10.1 Å². The molecule has 0 saturated carbocycles. The first-order chi connectivity index (χ1) is 20.1. The number of piperidine rings is 1. The number of likely N-dealkylation sites (tertiary alicyclic amines) is 1. The van der Waals surface area contributed by atoms with Crippen LogP contribution in [-0.2, 0) is 14.8 Å². The lowest BCUT2D eigenvalue weighted by Gasteiger charge is -2.36. The predicted molar refractivity (Wildman–Crippen MR) is 166 cm³/mol. The highest BCUT2D eigenvalue weighted by Crippen LogP contribution is 2.34. The van der Waals surface area contributed by atoms with Crippen LogP contribution < -0.4 is 10.2 Å². The molecule has 2 saturated heterocycles. The highest BCUT2D eigenvalue weighted by atomic mass is 32.2. The molecule has 1 aromatic heterocycles. The standard InChI is InChI=1S/C29H36N6O5S2/c1-31-15-13-24(14-16-31)34(42(39,40)27-6-4-3-5-25(27)35(37)38)21-28(36)30-29-12-11-26(41-29)22-7-9-23(10-8-22)33-19-17-32(2)18-20-33/h3-12,24H,13-21H2,1-2H3,(H,30,36). The topological polar surface area (TPSA) is 119 Å². The Labute approximate surface area is 250 Å². The molecule has 5 rings (SSSR count). The van der Waals surface area contributed by atoms with Crippen LogP contribution in [0.4, 0.5) is 16.4 Å². The number of nitrogens with zero attached hydrogens (tertiary/aromatic N) is 5. The van der Waals surface area contributed by atoms with Gasteiger partial charge in [-0.1, -0.05) is 24.3 Å². The van der Waals surface area contributed by atoms with Gasteiger partial charge in [-0.05, 0) is 75.9 Å². The molecule has 0 radical (unpaired) electrons. The summed E-state index contributed by atoms with van der Waals surface area (Å²) in [6.07, 6.45) is 1.05. The third-order valence-corrected chi connectivity index (χ3v) is 10.9. The van der Waals surface area contributed by atoms with E-state index in [4.69, 9.17) is 0 Å². The van der Waals surface area contributed by atoms with Crippen LogP contribution >= 0.6 is 11.3 Å². The average Bonchev–Trinajstić information content (AvgIpc) is 3.45. The molecule has 3 aromatic rings. The van der Waals surface area contributed by atoms with E-state index in [0.717, 1.165) is 40.9 Å². The van der Waals surface area contributed by atoms with Crippen molar-refractivity contribution >= 4 is 43.6 Å². The highest BCUT2D eigenvalue weighted by molar-refractivity contribution is 7.89. The number of sulfonamides is 1. The van der Waals surface area contributed by atoms with Gasteiger partial charge in [0.1, 0.15) is 0 Å². The van der Waals surface area contributed by atoms with E-state index < -0.39 is 44.0 Å². The highest BCUT2D eigenvalue weighted by Gasteiger charge is 2.38. The van der Waals surface area contributed by atoms with Crippen molar-refractivity contribution < 1.29 is 18.1 Å². The number of amides is 1. The SMILES string of the molecule is CN1CCC(N(CC(=O)Nc2ccc(-c3ccc(N4CCN(C)CC4)cc3)s2)S(=O)(=O)c2ccccc2[N+](=O)[O-])CC1. The van der Waals surface area contributed by atoms with E-state index in [9.17, 15) is 23.3 Å². The Hall–Kier alpha value is -3.36. The van der Waals surface area contributed by atoms with Gasteiger partial charge in [0.2, 0.25) is 5.91 Å². The molecule has 13 heteroatoms. The normalized spacial score (nSPS) is 17.5. The van der Waals surface area contributed by atoms with Crippen molar-refractivity contribution in [1.29, 1.82) is 0 Å². The van der Waals surface area contributed by atoms with Crippen LogP contribution in [0.1, 0.15) is 12.8 Å². The molecule has 224 valence electrons. The second kappa shape index (κ2) is 12.9. The summed E-state index contributed by atoms with van der Waals surface area (Å²) in [4.78, 5) is 31.6. The monoisotopic (exact) mass is 612 g/mol. The van der Waals surface area contributed by atoms with E-state index in [1.807, 2.05) is 19.2 Å². The van der Waals surface area contributed by atoms with E-state index in [1.165, 1.54) is 41.3 Å². The molecule has 0 bridgehead atoms. The number of likely N-dealkylation sites (N-methyl/N-ethyl adjacent to an activating group) is 1. The van der Waals surface area contributed by atoms with Crippen LogP contribution in [0.25, 0.3) is 10.4 Å². The van der Waals surface area contributed by atoms with Gasteiger partial charge in [-0.25, -0.2) is 8.42 Å². The fourth-order valence-electron chi connectivity index (χ4n) is 5.43. The predicted octanol–water partition coefficient (Wildman–Crippen LogP) is 3.80. The zero-order chi connectivity index (χ0) is 29.9. The number of nitro groups is 1. The maximum atomic E-state index is 13.8. The van der Waals surface area contributed by atoms with Crippen molar-refractivity contribution in [3.05, 3.63) is 70.8 Å². The summed E-state index contributed by atoms with van der Waals surface area (Å²) in [5.41, 5.74) is 1.72. The Morgan fingerprint density at radius 3 is 2.26 bits per heavy atom. The Bertz CT molecular complexity index is 1510. The minimum absolute atomic E-state index is 0.403. The first-order valence-electron chi connectivity index (χ1n) is 14.0. The molecule has 0 aliphatic carbocycles. The number of anilines is 2. The number of benzene rings is 2. The smallest absolute Gasteiger partial charge is 0.289 e. The molecule has 0 atom stereocenters. The lowest BCUT2D eigenvalue weighted by molar-refractivity contribution is -0.387. The number of piperazine rings is 1. The molecular weight excluding hydrogens is 576 g/mol. The molecule has 0 spiro atoms. The van der Waals surface area contributed by atoms with Crippen LogP contribution in [-0.4, -0.2) is 99.3 Å². The first kappa shape index (κ1) is 30.1. The van der Waals surface area contributed by atoms with Gasteiger partial charge in [-0.2, -0.15) is 4.31 Å². The van der Waals surface area contributed by atoms with E-state index in [1.54, 1.807) is 0 Å². The van der Waals surface area contributed by atoms with Gasteiger partial charge in [0.05, 0.1) is 16.5 Å². The summed E-state index contributed by atoms with van der Waals surface area (Å²) in [6.45, 7) is 4.95. The lowest BCUT2D eigenvalue weighted by Crippen LogP contribution is -2.49. The summed E-state index contributed by atoms with van der Waals surface area (Å²) in [7, 11) is -0.237. The minimum atomic E-state index is -4.33. The number of carbonyl (C=O) groups excluding carboxylic acids is 1. The van der Waals surface area contributed by atoms with Crippen LogP contribution in [0.15, 0.2) is 65.6 Å². The van der Waals surface area contributed by atoms with E-state index in [0.29, 0.717) is 30.9 Å². The summed E-state index contributed by atoms with van der Waals surface area (Å²) in [6, 6.07) is 17.0. The number of hydrogen-bond acceptors (Lipinski definition) is 9. The number of rotatable bonds is 9. The zero-order valence-corrected chi connectivity index (χ0v) is 25.4. The fraction of sp³-hybridized carbons (Fsp3) is 0.414. The van der Waals surface area contributed by atoms with Crippen LogP contribution in [0.3, 0.4) is 0 Å². The maximum absolute atomic E-state index is 13.8. The first-order valence-corrected chi connectivity index (χ1v) is 16.2. The van der Waals surface area contributed by atoms with Crippen molar-refractivity contribution in [2.24, 2.45) is 0 Å². The Kier molecular flexibility index (Phi) is 9.23. The van der Waals surface area contributed by atoms with Crippen molar-refractivity contribution in [2.75, 3.05) is 70.1 Å². The fourth-order valence-corrected chi connectivity index (χ4v) is 8.15. The van der Waals surface area contributed by atoms with Gasteiger partial charge in [-0.15, -0.1) is 11.3 Å². The minimum Gasteiger partial charge on any atom is -0.369 e. The number of nitrogens with one attached hydrogen (secondary N) is 1. The Balaban J connectivity index is 1.30. The Morgan fingerprint density at radius 1 is 0.952 bits per heavy atom. The second-order valence-corrected chi connectivity index (χ2v) is 13.8. The van der Waals surface area contributed by atoms with Gasteiger partial charge in [0.15, 0.2) is 4.90 Å². The quantitative estimate of drug-likeness (QED) is 0.286. The number of hydrogen-bond donors (Lipinski definition) is 1. The lowest BCUT2D eigenvalue weighted by atomic mass is 10.1. The molecule has 3 heterocycles. The number of para-hydroxylation sites is 1. The third-order valence-electron chi connectivity index (χ3n) is 7.93. The van der Waals surface area contributed by atoms with Crippen molar-refractivity contribution in [3.63, 3.8) is 0 Å². The van der Waals surface area contributed by atoms with Crippen molar-refractivity contribution in [1.82, 2.24) is 14.1 Å². The van der Waals surface area contributed by atoms with E-state index in [-0.39, 0.29) is 0 Å². The molecule has 2 aliphatic rings. The van der Waals surface area contributed by atoms with Crippen molar-refractivity contribution in [3.8, 4) is 10.4 Å². The molecule has 0 unspecified atom stereocenters. The summed E-state index contributed by atoms with van der Waals surface area (Å²) in [5.74, 6) is -0.491. The Morgan fingerprint density at radius 2 is 1.60 bits per heavy atom. The van der Waals surface area contributed by atoms with Crippen LogP contribution in [0.5, 0.6) is 0 Å². The third kappa shape index (κ3) is 6.81. The molecule has 11 nitrogen and oxygen atoms in total. The zero-order valence-electron chi connectivity index (χ0n) is 23.8. The van der Waals surface area contributed by atoms with Crippen LogP contribution in [0.2, 0.25) is 0 Å². The molecule has 1 N–H and O–H groups in total. The molecule has 2 fully saturated rings. The van der Waals surface area contributed by atoms with Crippen molar-refractivity contribution in [2.45, 2.75) is 23.8 Å². The molecule has 1 amide bonds. The molecule has 2 aromatic carbocycles. The number of carbonyl (C=O) groups is 1. The molecule has 42 heavy (non-hydrogen) atoms. The number of nitro benzene ring substituents is 1. The maximum Gasteiger partial charge on any atom is 0.289 e. The molecule has 2 aliphatic heterocycles. The van der Waals surface area contributed by atoms with Gasteiger partial charge in [0.25, 0.3) is 15.7 Å². The van der Waals surface area contributed by atoms with Gasteiger partial charge in [-0.3, -0.25) is 14.9 Å². The summed E-state index contributed by atoms with van der Waals surface area (Å²) < 4.78 is 28.7.